The normalized spacial score (nSPS) is 10.3. The molecule has 0 saturated carbocycles. The number of rotatable bonds is 21. The van der Waals surface area contributed by atoms with Crippen molar-refractivity contribution in [2.45, 2.75) is 147 Å². The van der Waals surface area contributed by atoms with Crippen molar-refractivity contribution in [1.82, 2.24) is 5.32 Å². The van der Waals surface area contributed by atoms with Crippen molar-refractivity contribution >= 4 is 97.1 Å². The molecule has 16 N–H and O–H groups in total. The van der Waals surface area contributed by atoms with Gasteiger partial charge >= 0.3 is 0 Å². The van der Waals surface area contributed by atoms with E-state index in [0.29, 0.717) is 71.3 Å². The zero-order chi connectivity index (χ0) is 54.9. The van der Waals surface area contributed by atoms with Crippen LogP contribution < -0.4 is 55.3 Å². The van der Waals surface area contributed by atoms with E-state index in [1.807, 2.05) is 40.8 Å². The van der Waals surface area contributed by atoms with Crippen LogP contribution in [0.25, 0.3) is 0 Å². The maximum atomic E-state index is 13.7. The summed E-state index contributed by atoms with van der Waals surface area (Å²) in [7, 11) is 3.72. The number of hydrogen-bond acceptors (Lipinski definition) is 11. The van der Waals surface area contributed by atoms with Crippen molar-refractivity contribution in [1.29, 1.82) is 5.41 Å². The van der Waals surface area contributed by atoms with Gasteiger partial charge in [-0.15, -0.1) is 0 Å². The number of halogens is 2. The number of aliphatic imine (C=N–C) groups is 2. The van der Waals surface area contributed by atoms with E-state index in [4.69, 9.17) is 28.3 Å². The molecule has 0 spiro atoms. The van der Waals surface area contributed by atoms with Gasteiger partial charge < -0.3 is 60.0 Å². The number of nitrogens with one attached hydrogen (secondary N) is 6. The number of carbonyl (C=O) groups is 4. The largest absolute Gasteiger partial charge is 0.390 e. The molecule has 0 unspecified atom stereocenters. The Labute approximate surface area is 439 Å². The third-order valence-corrected chi connectivity index (χ3v) is 9.40. The van der Waals surface area contributed by atoms with Gasteiger partial charge in [-0.2, -0.15) is 0 Å². The fourth-order valence-electron chi connectivity index (χ4n) is 4.74. The van der Waals surface area contributed by atoms with Crippen LogP contribution >= 0.6 is 31.9 Å². The van der Waals surface area contributed by atoms with Crippen LogP contribution in [0.3, 0.4) is 0 Å². The molecule has 19 heteroatoms. The molecule has 0 heterocycles. The second-order valence-corrected chi connectivity index (χ2v) is 16.9. The highest BCUT2D eigenvalue weighted by Gasteiger charge is 2.19. The molecule has 0 aromatic heterocycles. The van der Waals surface area contributed by atoms with Crippen molar-refractivity contribution in [2.24, 2.45) is 38.7 Å². The molecule has 0 fully saturated rings. The van der Waals surface area contributed by atoms with E-state index in [2.05, 4.69) is 116 Å². The number of nitrogens with two attached hydrogens (primary N) is 5. The van der Waals surface area contributed by atoms with Gasteiger partial charge in [-0.25, -0.2) is 0 Å². The lowest BCUT2D eigenvalue weighted by atomic mass is 10.0. The van der Waals surface area contributed by atoms with Gasteiger partial charge in [0.1, 0.15) is 12.0 Å². The summed E-state index contributed by atoms with van der Waals surface area (Å²) in [5.74, 6) is -1.02. The van der Waals surface area contributed by atoms with Crippen molar-refractivity contribution in [2.75, 3.05) is 61.5 Å². The highest BCUT2D eigenvalue weighted by Crippen LogP contribution is 2.31. The van der Waals surface area contributed by atoms with Gasteiger partial charge in [-0.1, -0.05) is 98.7 Å². The highest BCUT2D eigenvalue weighted by molar-refractivity contribution is 9.10. The molecule has 70 heavy (non-hydrogen) atoms. The molecule has 0 bridgehead atoms. The van der Waals surface area contributed by atoms with Gasteiger partial charge in [0, 0.05) is 69.9 Å². The van der Waals surface area contributed by atoms with Crippen LogP contribution in [0.15, 0.2) is 66.1 Å². The number of anilines is 4. The van der Waals surface area contributed by atoms with Crippen molar-refractivity contribution in [3.05, 3.63) is 67.3 Å². The van der Waals surface area contributed by atoms with Crippen molar-refractivity contribution < 1.29 is 19.2 Å². The van der Waals surface area contributed by atoms with Gasteiger partial charge in [0.15, 0.2) is 5.96 Å². The molecule has 0 aliphatic heterocycles. The summed E-state index contributed by atoms with van der Waals surface area (Å²) in [6.45, 7) is 24.9. The molecular formula is C51H93Br2N13O4. The minimum atomic E-state index is -0.465. The number of hydrogen-bond donors (Lipinski definition) is 11. The Kier molecular flexibility index (Phi) is 54.9. The van der Waals surface area contributed by atoms with E-state index in [9.17, 15) is 19.2 Å². The average molecular weight is 1110 g/mol. The number of nitrogens with zero attached hydrogens (tertiary/aromatic N) is 2. The summed E-state index contributed by atoms with van der Waals surface area (Å²) in [6, 6.07) is 7.26. The highest BCUT2D eigenvalue weighted by atomic mass is 79.9. The van der Waals surface area contributed by atoms with Crippen LogP contribution in [0.2, 0.25) is 0 Å². The lowest BCUT2D eigenvalue weighted by molar-refractivity contribution is -0.116. The Bertz CT molecular complexity index is 1840. The summed E-state index contributed by atoms with van der Waals surface area (Å²) in [4.78, 5) is 57.7. The molecule has 0 atom stereocenters. The van der Waals surface area contributed by atoms with Crippen LogP contribution in [-0.2, 0) is 19.2 Å². The molecule has 2 aromatic carbocycles. The first-order chi connectivity index (χ1) is 33.3. The maximum Gasteiger partial charge on any atom is 0.274 e. The Morgan fingerprint density at radius 1 is 0.743 bits per heavy atom. The number of aldehydes is 1. The number of allylic oxidation sites excluding steroid dienone is 1. The van der Waals surface area contributed by atoms with Crippen molar-refractivity contribution in [3.63, 3.8) is 0 Å². The van der Waals surface area contributed by atoms with Crippen LogP contribution in [0.1, 0.15) is 144 Å². The van der Waals surface area contributed by atoms with E-state index in [-0.39, 0.29) is 17.6 Å². The maximum absolute atomic E-state index is 13.7. The molecule has 0 aliphatic rings. The summed E-state index contributed by atoms with van der Waals surface area (Å²) in [6.07, 6.45) is 14.4. The molecule has 3 amide bonds. The smallest absolute Gasteiger partial charge is 0.274 e. The standard InChI is InChI=1S/C32H42Br2N8O3.C6H13NO.2C3H9N.2C3H8.CH4N2/c1-7-18(3)23(17-28(38-8-2)31(45)42-26-15-21(33)13-24(37-6)19(26)4)30(44)41-27-16-22(34)14-25(20(27)5)40-29(43)11-9-10-12-39-32(35)36;1-7-5-3-2-4-6-8;2*1-2-3-4;2*1-3-2;2-1-3/h8,13-17,37H,7,9-12H2,1-6H3,(H,40,43)(H,41,44)(H,42,45)(H4,35,36,39);6-7H,2-5H2,1H3;2*2-4H2,1H3;2*3H2,1-2H3;1H,(H3,2,3)/b23-18-,28-17-,38-8?;;;;;;. The van der Waals surface area contributed by atoms with Gasteiger partial charge in [0.05, 0.1) is 6.34 Å². The number of benzene rings is 2. The molecule has 17 nitrogen and oxygen atoms in total. The minimum absolute atomic E-state index is 0.0259. The third kappa shape index (κ3) is 40.9. The topological polar surface area (TPSA) is 307 Å². The molecule has 0 radical (unpaired) electrons. The van der Waals surface area contributed by atoms with Gasteiger partial charge in [0.25, 0.3) is 11.8 Å². The lowest BCUT2D eigenvalue weighted by Crippen LogP contribution is -2.23. The van der Waals surface area contributed by atoms with Crippen LogP contribution in [0.4, 0.5) is 22.7 Å². The quantitative estimate of drug-likeness (QED) is 0.0139. The monoisotopic (exact) mass is 1110 g/mol. The predicted molar refractivity (Wildman–Crippen MR) is 310 cm³/mol. The third-order valence-electron chi connectivity index (χ3n) is 8.48. The van der Waals surface area contributed by atoms with Crippen LogP contribution in [0.5, 0.6) is 0 Å². The first-order valence-corrected chi connectivity index (χ1v) is 25.7. The summed E-state index contributed by atoms with van der Waals surface area (Å²) in [5, 5.41) is 20.8. The zero-order valence-electron chi connectivity index (χ0n) is 44.9. The number of unbranched alkanes of at least 4 members (excludes halogenated alkanes) is 3. The fraction of sp³-hybridized carbons (Fsp3) is 0.549. The van der Waals surface area contributed by atoms with Gasteiger partial charge in [-0.05, 0) is 141 Å². The number of amides is 3. The second-order valence-electron chi connectivity index (χ2n) is 15.1. The second kappa shape index (κ2) is 51.9. The Morgan fingerprint density at radius 2 is 1.19 bits per heavy atom. The predicted octanol–water partition coefficient (Wildman–Crippen LogP) is 10.2. The Morgan fingerprint density at radius 3 is 1.59 bits per heavy atom. The van der Waals surface area contributed by atoms with Crippen molar-refractivity contribution in [3.8, 4) is 0 Å². The molecule has 0 aliphatic carbocycles. The lowest BCUT2D eigenvalue weighted by Gasteiger charge is -2.16. The molecule has 2 aromatic rings. The van der Waals surface area contributed by atoms with E-state index in [1.54, 1.807) is 32.2 Å². The molecule has 400 valence electrons. The van der Waals surface area contributed by atoms with E-state index in [0.717, 1.165) is 79.2 Å². The number of guanidine groups is 1. The minimum Gasteiger partial charge on any atom is -0.390 e. The Hall–Kier alpha value is -4.95. The summed E-state index contributed by atoms with van der Waals surface area (Å²) >= 11 is 6.96. The average Bonchev–Trinajstić information content (AvgIpc) is 3.32. The number of carbonyl (C=O) groups excluding carboxylic acids is 4. The SMILES string of the molecule is CC=N/C(=C\C(C(=O)Nc1cc(Br)cc(NC(=O)CCCCN=C(N)N)c1C)=C(/C)CC)C(=O)Nc1cc(Br)cc(NC)c1C.CCC.CCC.CCCN.CCCN.CNCCCCC=O.N=CN. The van der Waals surface area contributed by atoms with Gasteiger partial charge in [-0.3, -0.25) is 29.8 Å². The van der Waals surface area contributed by atoms with E-state index >= 15 is 0 Å². The van der Waals surface area contributed by atoms with Gasteiger partial charge in [0.2, 0.25) is 5.91 Å². The Balaban J connectivity index is -0.000000462. The molecule has 2 rings (SSSR count). The van der Waals surface area contributed by atoms with Crippen LogP contribution in [0, 0.1) is 19.3 Å². The fourth-order valence-corrected chi connectivity index (χ4v) is 5.66. The summed E-state index contributed by atoms with van der Waals surface area (Å²) in [5.41, 5.74) is 30.3. The van der Waals surface area contributed by atoms with E-state index < -0.39 is 11.8 Å². The summed E-state index contributed by atoms with van der Waals surface area (Å²) < 4.78 is 1.46. The first kappa shape index (κ1) is 74.0. The molecule has 0 saturated heterocycles. The van der Waals surface area contributed by atoms with Crippen LogP contribution in [-0.4, -0.2) is 82.8 Å². The first-order valence-electron chi connectivity index (χ1n) is 24.1. The van der Waals surface area contributed by atoms with E-state index in [1.165, 1.54) is 25.1 Å². The molecular weight excluding hydrogens is 1020 g/mol. The zero-order valence-corrected chi connectivity index (χ0v) is 48.1.